The number of pyridine rings is 1. The van der Waals surface area contributed by atoms with Crippen LogP contribution in [0.1, 0.15) is 80.1 Å². The lowest BCUT2D eigenvalue weighted by Gasteiger charge is -2.35. The number of quaternary nitrogens is 1. The first-order valence-corrected chi connectivity index (χ1v) is 21.3. The Morgan fingerprint density at radius 1 is 1.08 bits per heavy atom. The van der Waals surface area contributed by atoms with Gasteiger partial charge in [0.2, 0.25) is 17.6 Å². The molecule has 17 heteroatoms. The third-order valence-corrected chi connectivity index (χ3v) is 12.2. The Labute approximate surface area is 356 Å². The molecule has 0 radical (unpaired) electrons. The molecule has 7 unspecified atom stereocenters. The van der Waals surface area contributed by atoms with Crippen LogP contribution in [0.5, 0.6) is 11.5 Å². The second-order valence-electron chi connectivity index (χ2n) is 17.8. The van der Waals surface area contributed by atoms with E-state index in [9.17, 15) is 19.2 Å². The minimum absolute atomic E-state index is 0.00838. The maximum atomic E-state index is 14.8. The molecule has 3 aliphatic carbocycles. The molecule has 4 fully saturated rings. The molecule has 0 spiro atoms. The standard InChI is InChI=1S/C43H60ClN7O9/c1-9-26-21-43(26,40(54)57-8)50-38(52)30-19-28(22-51(30)39(53)37(42(4,5)6)49-41(55)60-27-17-24-16-25(24)18-27)59-32-20-34(46-13-12-33(45)47-23(2)3)48-36-29(32)10-11-31(35(36)44)58-15-14-56-7/h10-13,20,23-28,30,37H,9,14-19,21-22H2,1-8H3,(H2,45,47)(H,46,48)(H,49,55)(H,50,52)/p+1. The van der Waals surface area contributed by atoms with E-state index in [1.165, 1.54) is 18.4 Å². The van der Waals surface area contributed by atoms with Gasteiger partial charge in [-0.15, -0.1) is 0 Å². The number of halogens is 1. The Morgan fingerprint density at radius 2 is 1.82 bits per heavy atom. The van der Waals surface area contributed by atoms with E-state index in [1.807, 2.05) is 41.5 Å². The molecule has 3 saturated carbocycles. The number of nitrogens with one attached hydrogen (secondary N) is 2. The predicted molar refractivity (Wildman–Crippen MR) is 225 cm³/mol. The number of nitrogens with two attached hydrogens (primary N) is 2. The fraction of sp³-hybridized carbons (Fsp3) is 0.628. The zero-order chi connectivity index (χ0) is 43.5. The highest BCUT2D eigenvalue weighted by atomic mass is 35.5. The van der Waals surface area contributed by atoms with E-state index in [0.29, 0.717) is 65.3 Å². The van der Waals surface area contributed by atoms with Crippen LogP contribution in [-0.4, -0.2) is 109 Å². The van der Waals surface area contributed by atoms with Gasteiger partial charge in [-0.1, -0.05) is 45.7 Å². The maximum Gasteiger partial charge on any atom is 0.408 e. The number of carbonyl (C=O) groups is 4. The van der Waals surface area contributed by atoms with Crippen LogP contribution in [0.2, 0.25) is 5.02 Å². The van der Waals surface area contributed by atoms with Crippen LogP contribution < -0.4 is 31.2 Å². The lowest BCUT2D eigenvalue weighted by Crippen LogP contribution is -2.71. The number of ether oxygens (including phenoxy) is 5. The third kappa shape index (κ3) is 10.3. The van der Waals surface area contributed by atoms with E-state index in [-0.39, 0.29) is 42.7 Å². The molecule has 1 saturated heterocycles. The fourth-order valence-corrected chi connectivity index (χ4v) is 8.79. The number of aromatic nitrogens is 1. The van der Waals surface area contributed by atoms with Gasteiger partial charge in [0.1, 0.15) is 70.5 Å². The average molecular weight is 855 g/mol. The summed E-state index contributed by atoms with van der Waals surface area (Å²) in [4.78, 5) is 66.1. The summed E-state index contributed by atoms with van der Waals surface area (Å²) in [5, 5.41) is 8.39. The van der Waals surface area contributed by atoms with Crippen LogP contribution in [0.25, 0.3) is 10.9 Å². The fourth-order valence-electron chi connectivity index (χ4n) is 8.53. The number of likely N-dealkylation sites (tertiary alicyclic amines) is 1. The molecule has 60 heavy (non-hydrogen) atoms. The Kier molecular flexibility index (Phi) is 13.9. The van der Waals surface area contributed by atoms with Gasteiger partial charge in [0, 0.05) is 31.0 Å². The van der Waals surface area contributed by atoms with Crippen LogP contribution in [0.15, 0.2) is 35.5 Å². The Hall–Kier alpha value is -4.67. The molecule has 16 nitrogen and oxygen atoms in total. The van der Waals surface area contributed by atoms with Gasteiger partial charge in [-0.2, -0.15) is 4.98 Å². The van der Waals surface area contributed by atoms with E-state index in [2.05, 4.69) is 15.6 Å². The monoisotopic (exact) mass is 854 g/mol. The molecule has 2 aromatic rings. The zero-order valence-corrected chi connectivity index (χ0v) is 36.7. The van der Waals surface area contributed by atoms with Gasteiger partial charge >= 0.3 is 12.1 Å². The van der Waals surface area contributed by atoms with Gasteiger partial charge in [-0.3, -0.25) is 19.9 Å². The summed E-state index contributed by atoms with van der Waals surface area (Å²) in [6, 6.07) is 3.17. The molecular weight excluding hydrogens is 794 g/mol. The van der Waals surface area contributed by atoms with Crippen LogP contribution >= 0.6 is 11.6 Å². The SMILES string of the molecule is CCC1CC1(NC(=O)C1CC(Oc2cc([NH2+]C=CC(N)=NC(C)C)nc3c(Cl)c(OCCOC)ccc23)CN1C(=O)C(NC(=O)OC1CC2CC2C1)C(C)(C)C)C(=O)OC. The first kappa shape index (κ1) is 44.9. The smallest absolute Gasteiger partial charge is 0.408 e. The van der Waals surface area contributed by atoms with Crippen molar-refractivity contribution in [1.82, 2.24) is 20.5 Å². The van der Waals surface area contributed by atoms with Crippen molar-refractivity contribution in [3.8, 4) is 11.5 Å². The van der Waals surface area contributed by atoms with E-state index in [1.54, 1.807) is 42.9 Å². The van der Waals surface area contributed by atoms with E-state index < -0.39 is 53.0 Å². The highest BCUT2D eigenvalue weighted by Gasteiger charge is 2.62. The van der Waals surface area contributed by atoms with E-state index >= 15 is 0 Å². The van der Waals surface area contributed by atoms with Crippen LogP contribution in [-0.2, 0) is 28.6 Å². The molecule has 328 valence electrons. The first-order valence-electron chi connectivity index (χ1n) is 20.9. The van der Waals surface area contributed by atoms with Crippen molar-refractivity contribution in [2.45, 2.75) is 116 Å². The number of hydrogen-bond acceptors (Lipinski definition) is 11. The minimum atomic E-state index is -1.19. The Balaban J connectivity index is 1.31. The molecule has 1 aliphatic heterocycles. The molecule has 7 atom stereocenters. The molecule has 1 aromatic carbocycles. The normalized spacial score (nSPS) is 26.5. The maximum absolute atomic E-state index is 14.8. The van der Waals surface area contributed by atoms with Gasteiger partial charge in [-0.05, 0) is 74.8 Å². The van der Waals surface area contributed by atoms with Gasteiger partial charge in [0.15, 0.2) is 0 Å². The quantitative estimate of drug-likeness (QED) is 0.0770. The number of rotatable bonds is 17. The summed E-state index contributed by atoms with van der Waals surface area (Å²) >= 11 is 6.92. The minimum Gasteiger partial charge on any atom is -0.490 e. The average Bonchev–Trinajstić information content (AvgIpc) is 4.00. The molecule has 2 heterocycles. The van der Waals surface area contributed by atoms with Gasteiger partial charge in [0.05, 0.1) is 26.3 Å². The number of hydrogen-bond donors (Lipinski definition) is 4. The largest absolute Gasteiger partial charge is 0.490 e. The van der Waals surface area contributed by atoms with E-state index in [4.69, 9.17) is 46.0 Å². The lowest BCUT2D eigenvalue weighted by atomic mass is 9.85. The second kappa shape index (κ2) is 18.5. The van der Waals surface area contributed by atoms with Gasteiger partial charge in [0.25, 0.3) is 0 Å². The van der Waals surface area contributed by atoms with Gasteiger partial charge in [-0.25, -0.2) is 9.59 Å². The number of aliphatic imine (C=N–C) groups is 1. The number of fused-ring (bicyclic) bond motifs is 2. The number of esters is 1. The number of amidine groups is 1. The molecule has 1 aromatic heterocycles. The Bertz CT molecular complexity index is 1990. The summed E-state index contributed by atoms with van der Waals surface area (Å²) in [5.74, 6) is 1.21. The number of amides is 3. The molecular formula is C43H61ClN7O9+. The molecule has 6 N–H and O–H groups in total. The topological polar surface area (TPSA) is 210 Å². The third-order valence-electron chi connectivity index (χ3n) is 11.8. The van der Waals surface area contributed by atoms with Crippen molar-refractivity contribution >= 4 is 58.0 Å². The van der Waals surface area contributed by atoms with Crippen molar-refractivity contribution in [2.24, 2.45) is 33.9 Å². The summed E-state index contributed by atoms with van der Waals surface area (Å²) in [6.07, 6.45) is 5.80. The summed E-state index contributed by atoms with van der Waals surface area (Å²) < 4.78 is 28.7. The van der Waals surface area contributed by atoms with Crippen molar-refractivity contribution in [2.75, 3.05) is 34.0 Å². The number of methoxy groups -OCH3 is 2. The number of benzene rings is 1. The number of nitrogens with zero attached hydrogens (tertiary/aromatic N) is 3. The highest BCUT2D eigenvalue weighted by molar-refractivity contribution is 6.36. The second-order valence-corrected chi connectivity index (χ2v) is 18.2. The lowest BCUT2D eigenvalue weighted by molar-refractivity contribution is -0.500. The number of carbonyl (C=O) groups excluding carboxylic acids is 4. The highest BCUT2D eigenvalue weighted by Crippen LogP contribution is 2.52. The van der Waals surface area contributed by atoms with Crippen molar-refractivity contribution in [1.29, 1.82) is 0 Å². The van der Waals surface area contributed by atoms with Crippen molar-refractivity contribution in [3.63, 3.8) is 0 Å². The summed E-state index contributed by atoms with van der Waals surface area (Å²) in [7, 11) is 2.87. The summed E-state index contributed by atoms with van der Waals surface area (Å²) in [6.45, 7) is 11.9. The van der Waals surface area contributed by atoms with Crippen LogP contribution in [0.3, 0.4) is 0 Å². The van der Waals surface area contributed by atoms with Gasteiger partial charge < -0.3 is 45.0 Å². The summed E-state index contributed by atoms with van der Waals surface area (Å²) in [5.41, 5.74) is 4.52. The van der Waals surface area contributed by atoms with Crippen molar-refractivity contribution < 1.29 is 48.2 Å². The molecule has 4 aliphatic rings. The van der Waals surface area contributed by atoms with E-state index in [0.717, 1.165) is 12.8 Å². The molecule has 0 bridgehead atoms. The van der Waals surface area contributed by atoms with Crippen LogP contribution in [0.4, 0.5) is 10.6 Å². The first-order chi connectivity index (χ1) is 28.5. The van der Waals surface area contributed by atoms with Crippen LogP contribution in [0, 0.1) is 23.2 Å². The Morgan fingerprint density at radius 3 is 2.45 bits per heavy atom. The molecule has 3 amide bonds. The molecule has 6 rings (SSSR count). The predicted octanol–water partition coefficient (Wildman–Crippen LogP) is 4.13. The van der Waals surface area contributed by atoms with Crippen molar-refractivity contribution in [3.05, 3.63) is 35.5 Å². The number of alkyl carbamates (subject to hydrolysis) is 1. The zero-order valence-electron chi connectivity index (χ0n) is 35.9.